The number of benzene rings is 1. The molecule has 0 aliphatic carbocycles. The minimum atomic E-state index is -0.940. The molecule has 1 rings (SSSR count). The molecule has 1 N–H and O–H groups in total. The molecule has 0 saturated heterocycles. The highest BCUT2D eigenvalue weighted by Gasteiger charge is 2.13. The number of nitrogens with one attached hydrogen (secondary N) is 1. The second-order valence-corrected chi connectivity index (χ2v) is 6.63. The van der Waals surface area contributed by atoms with Gasteiger partial charge in [0.15, 0.2) is 0 Å². The van der Waals surface area contributed by atoms with E-state index in [4.69, 9.17) is 4.74 Å². The summed E-state index contributed by atoms with van der Waals surface area (Å²) in [6.45, 7) is 6.04. The lowest BCUT2D eigenvalue weighted by molar-refractivity contribution is -0.384. The van der Waals surface area contributed by atoms with Crippen LogP contribution in [-0.2, 0) is 10.8 Å². The predicted octanol–water partition coefficient (Wildman–Crippen LogP) is 2.56. The Balaban J connectivity index is 2.91. The van der Waals surface area contributed by atoms with Crippen molar-refractivity contribution in [2.45, 2.75) is 32.1 Å². The highest BCUT2D eigenvalue weighted by molar-refractivity contribution is 7.84. The summed E-state index contributed by atoms with van der Waals surface area (Å²) >= 11 is 0. The van der Waals surface area contributed by atoms with Crippen LogP contribution in [0.4, 0.5) is 11.4 Å². The van der Waals surface area contributed by atoms with Gasteiger partial charge in [-0.05, 0) is 20.8 Å². The molecule has 20 heavy (non-hydrogen) atoms. The number of nitrogens with zero attached hydrogens (tertiary/aromatic N) is 1. The molecule has 0 heterocycles. The van der Waals surface area contributed by atoms with Crippen LogP contribution >= 0.6 is 0 Å². The van der Waals surface area contributed by atoms with Gasteiger partial charge in [-0.15, -0.1) is 0 Å². The van der Waals surface area contributed by atoms with Crippen LogP contribution in [0.5, 0.6) is 5.75 Å². The molecule has 2 atom stereocenters. The summed E-state index contributed by atoms with van der Waals surface area (Å²) in [6, 6.07) is 4.55. The van der Waals surface area contributed by atoms with Crippen molar-refractivity contribution in [3.8, 4) is 5.75 Å². The molecular weight excluding hydrogens is 280 g/mol. The summed E-state index contributed by atoms with van der Waals surface area (Å²) < 4.78 is 16.8. The van der Waals surface area contributed by atoms with E-state index in [0.29, 0.717) is 18.0 Å². The molecule has 0 radical (unpaired) electrons. The number of nitro groups is 1. The van der Waals surface area contributed by atoms with Gasteiger partial charge in [-0.1, -0.05) is 0 Å². The van der Waals surface area contributed by atoms with E-state index in [9.17, 15) is 14.3 Å². The Labute approximate surface area is 121 Å². The van der Waals surface area contributed by atoms with Crippen molar-refractivity contribution in [3.63, 3.8) is 0 Å². The molecule has 0 saturated carbocycles. The molecule has 1 aromatic carbocycles. The van der Waals surface area contributed by atoms with Crippen molar-refractivity contribution in [1.29, 1.82) is 0 Å². The standard InChI is InChI=1S/C13H20N2O4S/c1-9(2)19-13-6-11(5-12(7-13)15(16)17)14-8-10(3)20(4)18/h5-7,9-10,14H,8H2,1-4H3. The third kappa shape index (κ3) is 5.16. The summed E-state index contributed by atoms with van der Waals surface area (Å²) in [5, 5.41) is 13.9. The Hall–Kier alpha value is -1.63. The Kier molecular flexibility index (Phi) is 5.94. The van der Waals surface area contributed by atoms with E-state index in [1.165, 1.54) is 12.1 Å². The highest BCUT2D eigenvalue weighted by Crippen LogP contribution is 2.26. The second-order valence-electron chi connectivity index (χ2n) is 4.83. The maximum absolute atomic E-state index is 11.3. The third-order valence-electron chi connectivity index (χ3n) is 2.63. The predicted molar refractivity (Wildman–Crippen MR) is 80.9 cm³/mol. The number of ether oxygens (including phenoxy) is 1. The van der Waals surface area contributed by atoms with Gasteiger partial charge in [-0.25, -0.2) is 0 Å². The first-order valence-corrected chi connectivity index (χ1v) is 7.94. The van der Waals surface area contributed by atoms with E-state index < -0.39 is 15.7 Å². The Bertz CT molecular complexity index is 505. The SMILES string of the molecule is CC(C)Oc1cc(NCC(C)S(C)=O)cc([N+](=O)[O-])c1. The molecule has 0 aliphatic heterocycles. The maximum Gasteiger partial charge on any atom is 0.275 e. The number of rotatable bonds is 7. The first-order chi connectivity index (χ1) is 9.29. The van der Waals surface area contributed by atoms with Crippen LogP contribution in [0.3, 0.4) is 0 Å². The van der Waals surface area contributed by atoms with Gasteiger partial charge in [-0.3, -0.25) is 14.3 Å². The molecule has 2 unspecified atom stereocenters. The molecule has 0 amide bonds. The van der Waals surface area contributed by atoms with Crippen LogP contribution in [0.25, 0.3) is 0 Å². The molecule has 1 aromatic rings. The van der Waals surface area contributed by atoms with Gasteiger partial charge < -0.3 is 10.1 Å². The van der Waals surface area contributed by atoms with E-state index in [2.05, 4.69) is 5.32 Å². The van der Waals surface area contributed by atoms with Crippen LogP contribution in [0.1, 0.15) is 20.8 Å². The topological polar surface area (TPSA) is 81.5 Å². The lowest BCUT2D eigenvalue weighted by Gasteiger charge is -2.14. The number of non-ortho nitro benzene ring substituents is 1. The molecule has 0 aliphatic rings. The van der Waals surface area contributed by atoms with E-state index in [1.54, 1.807) is 12.3 Å². The molecule has 0 bridgehead atoms. The minimum Gasteiger partial charge on any atom is -0.491 e. The Morgan fingerprint density at radius 2 is 2.00 bits per heavy atom. The van der Waals surface area contributed by atoms with Crippen LogP contribution in [-0.4, -0.2) is 33.3 Å². The molecule has 0 aromatic heterocycles. The van der Waals surface area contributed by atoms with Gasteiger partial charge in [0.25, 0.3) is 5.69 Å². The smallest absolute Gasteiger partial charge is 0.275 e. The van der Waals surface area contributed by atoms with Crippen molar-refractivity contribution in [3.05, 3.63) is 28.3 Å². The van der Waals surface area contributed by atoms with E-state index in [1.807, 2.05) is 20.8 Å². The highest BCUT2D eigenvalue weighted by atomic mass is 32.2. The van der Waals surface area contributed by atoms with Gasteiger partial charge in [0.05, 0.1) is 17.1 Å². The second kappa shape index (κ2) is 7.23. The monoisotopic (exact) mass is 300 g/mol. The number of nitro benzene ring substituents is 1. The van der Waals surface area contributed by atoms with E-state index >= 15 is 0 Å². The summed E-state index contributed by atoms with van der Waals surface area (Å²) in [4.78, 5) is 10.5. The fourth-order valence-corrected chi connectivity index (χ4v) is 1.83. The zero-order valence-electron chi connectivity index (χ0n) is 12.1. The lowest BCUT2D eigenvalue weighted by Crippen LogP contribution is -2.20. The first kappa shape index (κ1) is 16.4. The molecule has 0 fully saturated rings. The Morgan fingerprint density at radius 3 is 2.50 bits per heavy atom. The molecule has 0 spiro atoms. The van der Waals surface area contributed by atoms with Gasteiger partial charge in [0.2, 0.25) is 0 Å². The summed E-state index contributed by atoms with van der Waals surface area (Å²) in [7, 11) is -0.940. The van der Waals surface area contributed by atoms with Gasteiger partial charge in [-0.2, -0.15) is 0 Å². The summed E-state index contributed by atoms with van der Waals surface area (Å²) in [5.41, 5.74) is 0.558. The number of hydrogen-bond donors (Lipinski definition) is 1. The Morgan fingerprint density at radius 1 is 1.35 bits per heavy atom. The van der Waals surface area contributed by atoms with Crippen LogP contribution in [0, 0.1) is 10.1 Å². The largest absolute Gasteiger partial charge is 0.491 e. The van der Waals surface area contributed by atoms with Gasteiger partial charge in [0, 0.05) is 46.7 Å². The fraction of sp³-hybridized carbons (Fsp3) is 0.538. The number of anilines is 1. The van der Waals surface area contributed by atoms with Crippen LogP contribution < -0.4 is 10.1 Å². The zero-order chi connectivity index (χ0) is 15.3. The van der Waals surface area contributed by atoms with Crippen LogP contribution in [0.15, 0.2) is 18.2 Å². The average Bonchev–Trinajstić information content (AvgIpc) is 2.34. The summed E-state index contributed by atoms with van der Waals surface area (Å²) in [6.07, 6.45) is 1.57. The zero-order valence-corrected chi connectivity index (χ0v) is 12.9. The van der Waals surface area contributed by atoms with Crippen molar-refractivity contribution >= 4 is 22.2 Å². The first-order valence-electron chi connectivity index (χ1n) is 6.32. The van der Waals surface area contributed by atoms with E-state index in [-0.39, 0.29) is 17.0 Å². The van der Waals surface area contributed by atoms with Crippen molar-refractivity contribution < 1.29 is 13.9 Å². The lowest BCUT2D eigenvalue weighted by atomic mass is 10.2. The van der Waals surface area contributed by atoms with E-state index in [0.717, 1.165) is 0 Å². The maximum atomic E-state index is 11.3. The van der Waals surface area contributed by atoms with Crippen molar-refractivity contribution in [2.24, 2.45) is 0 Å². The van der Waals surface area contributed by atoms with Gasteiger partial charge in [0.1, 0.15) is 5.75 Å². The molecule has 112 valence electrons. The minimum absolute atomic E-state index is 0.0316. The van der Waals surface area contributed by atoms with Crippen LogP contribution in [0.2, 0.25) is 0 Å². The molecule has 7 heteroatoms. The third-order valence-corrected chi connectivity index (χ3v) is 3.93. The molecule has 6 nitrogen and oxygen atoms in total. The van der Waals surface area contributed by atoms with Crippen molar-refractivity contribution in [2.75, 3.05) is 18.1 Å². The average molecular weight is 300 g/mol. The fourth-order valence-electron chi connectivity index (χ4n) is 1.51. The van der Waals surface area contributed by atoms with Gasteiger partial charge >= 0.3 is 0 Å². The normalized spacial score (nSPS) is 13.8. The number of hydrogen-bond acceptors (Lipinski definition) is 5. The molecular formula is C13H20N2O4S. The quantitative estimate of drug-likeness (QED) is 0.618. The summed E-state index contributed by atoms with van der Waals surface area (Å²) in [5.74, 6) is 0.446. The van der Waals surface area contributed by atoms with Crippen molar-refractivity contribution in [1.82, 2.24) is 0 Å².